The largest absolute Gasteiger partial charge is 0.490 e. The highest BCUT2D eigenvalue weighted by Gasteiger charge is 2.16. The average molecular weight is 328 g/mol. The van der Waals surface area contributed by atoms with E-state index in [1.165, 1.54) is 17.1 Å². The lowest BCUT2D eigenvalue weighted by atomic mass is 10.2. The van der Waals surface area contributed by atoms with E-state index in [4.69, 9.17) is 0 Å². The molecule has 0 fully saturated rings. The molecule has 9 nitrogen and oxygen atoms in total. The molecule has 19 heavy (non-hydrogen) atoms. The molecule has 0 aliphatic heterocycles. The summed E-state index contributed by atoms with van der Waals surface area (Å²) in [6.07, 6.45) is 1.20. The van der Waals surface area contributed by atoms with Gasteiger partial charge in [-0.2, -0.15) is 4.68 Å². The predicted molar refractivity (Wildman–Crippen MR) is 66.6 cm³/mol. The highest BCUT2D eigenvalue weighted by Crippen LogP contribution is 2.25. The summed E-state index contributed by atoms with van der Waals surface area (Å²) in [5.41, 5.74) is 0.516. The van der Waals surface area contributed by atoms with Crippen molar-refractivity contribution in [1.82, 2.24) is 14.8 Å². The van der Waals surface area contributed by atoms with Crippen molar-refractivity contribution in [2.24, 2.45) is 0 Å². The number of rotatable bonds is 4. The summed E-state index contributed by atoms with van der Waals surface area (Å²) in [6.45, 7) is 0.162. The lowest BCUT2D eigenvalue weighted by Crippen LogP contribution is -2.02. The second-order valence-electron chi connectivity index (χ2n) is 3.54. The second kappa shape index (κ2) is 5.10. The molecule has 0 saturated heterocycles. The van der Waals surface area contributed by atoms with Crippen molar-refractivity contribution in [2.75, 3.05) is 0 Å². The molecule has 0 saturated carbocycles. The third kappa shape index (κ3) is 2.91. The van der Waals surface area contributed by atoms with Gasteiger partial charge in [0.15, 0.2) is 0 Å². The monoisotopic (exact) mass is 327 g/mol. The Morgan fingerprint density at radius 2 is 2.00 bits per heavy atom. The minimum Gasteiger partial charge on any atom is -0.390 e. The van der Waals surface area contributed by atoms with E-state index < -0.39 is 15.8 Å². The minimum absolute atomic E-state index is 0.0767. The van der Waals surface area contributed by atoms with Gasteiger partial charge >= 0.3 is 5.95 Å². The van der Waals surface area contributed by atoms with E-state index in [1.54, 1.807) is 12.1 Å². The normalized spacial score (nSPS) is 10.4. The molecule has 0 amide bonds. The smallest absolute Gasteiger partial charge is 0.390 e. The number of hydrogen-bond donors (Lipinski definition) is 0. The van der Waals surface area contributed by atoms with Gasteiger partial charge in [0, 0.05) is 11.2 Å². The summed E-state index contributed by atoms with van der Waals surface area (Å²) in [6, 6.07) is 4.57. The van der Waals surface area contributed by atoms with Crippen LogP contribution in [-0.2, 0) is 6.54 Å². The second-order valence-corrected chi connectivity index (χ2v) is 4.40. The van der Waals surface area contributed by atoms with Crippen molar-refractivity contribution in [2.45, 2.75) is 6.54 Å². The predicted octanol–water partition coefficient (Wildman–Crippen LogP) is 1.91. The van der Waals surface area contributed by atoms with Gasteiger partial charge in [0.25, 0.3) is 5.69 Å². The van der Waals surface area contributed by atoms with Crippen molar-refractivity contribution in [1.29, 1.82) is 0 Å². The van der Waals surface area contributed by atoms with Crippen LogP contribution in [0.4, 0.5) is 11.6 Å². The summed E-state index contributed by atoms with van der Waals surface area (Å²) in [7, 11) is 0. The summed E-state index contributed by atoms with van der Waals surface area (Å²) in [5.74, 6) is -0.508. The molecule has 1 aromatic heterocycles. The zero-order chi connectivity index (χ0) is 14.0. The molecule has 0 aliphatic rings. The summed E-state index contributed by atoms with van der Waals surface area (Å²) < 4.78 is 1.61. The van der Waals surface area contributed by atoms with Gasteiger partial charge in [0.05, 0.1) is 15.9 Å². The number of hydrogen-bond acceptors (Lipinski definition) is 6. The maximum atomic E-state index is 10.8. The van der Waals surface area contributed by atoms with Gasteiger partial charge in [0.2, 0.25) is 6.33 Å². The fourth-order valence-electron chi connectivity index (χ4n) is 1.43. The molecule has 0 unspecified atom stereocenters. The van der Waals surface area contributed by atoms with Crippen LogP contribution in [0, 0.1) is 20.2 Å². The van der Waals surface area contributed by atoms with Crippen LogP contribution in [0.2, 0.25) is 0 Å². The first-order valence-corrected chi connectivity index (χ1v) is 5.73. The maximum Gasteiger partial charge on any atom is 0.490 e. The third-order valence-electron chi connectivity index (χ3n) is 2.24. The van der Waals surface area contributed by atoms with E-state index in [-0.39, 0.29) is 12.2 Å². The standard InChI is InChI=1S/C9H6BrN5O4/c10-7-2-1-6(3-8(7)14(16)17)4-13-5-11-9(12-13)15(18)19/h1-3,5H,4H2. The molecular weight excluding hydrogens is 322 g/mol. The SMILES string of the molecule is O=[N+]([O-])c1ncn(Cc2ccc(Br)c([N+](=O)[O-])c2)n1. The molecule has 0 atom stereocenters. The number of nitro groups is 2. The highest BCUT2D eigenvalue weighted by atomic mass is 79.9. The molecule has 0 aliphatic carbocycles. The van der Waals surface area contributed by atoms with Crippen LogP contribution < -0.4 is 0 Å². The van der Waals surface area contributed by atoms with Crippen LogP contribution in [0.3, 0.4) is 0 Å². The summed E-state index contributed by atoms with van der Waals surface area (Å²) in [5, 5.41) is 24.8. The molecule has 0 spiro atoms. The van der Waals surface area contributed by atoms with E-state index >= 15 is 0 Å². The minimum atomic E-state index is -0.708. The Kier molecular flexibility index (Phi) is 3.51. The lowest BCUT2D eigenvalue weighted by molar-refractivity contribution is -0.394. The highest BCUT2D eigenvalue weighted by molar-refractivity contribution is 9.10. The van der Waals surface area contributed by atoms with Crippen LogP contribution in [0.15, 0.2) is 29.0 Å². The van der Waals surface area contributed by atoms with Gasteiger partial charge in [-0.05, 0) is 32.5 Å². The van der Waals surface area contributed by atoms with Crippen molar-refractivity contribution < 1.29 is 9.85 Å². The molecule has 2 rings (SSSR count). The molecule has 1 heterocycles. The van der Waals surface area contributed by atoms with Crippen LogP contribution in [0.25, 0.3) is 0 Å². The van der Waals surface area contributed by atoms with Crippen LogP contribution in [0.1, 0.15) is 5.56 Å². The first kappa shape index (κ1) is 13.1. The molecule has 10 heteroatoms. The molecule has 2 aromatic rings. The first-order chi connectivity index (χ1) is 8.97. The Balaban J connectivity index is 2.25. The van der Waals surface area contributed by atoms with Crippen LogP contribution in [0.5, 0.6) is 0 Å². The Morgan fingerprint density at radius 3 is 2.58 bits per heavy atom. The quantitative estimate of drug-likeness (QED) is 0.625. The van der Waals surface area contributed by atoms with Gasteiger partial charge < -0.3 is 10.1 Å². The van der Waals surface area contributed by atoms with E-state index in [0.29, 0.717) is 10.0 Å². The molecular formula is C9H6BrN5O4. The molecule has 0 bridgehead atoms. The molecule has 0 radical (unpaired) electrons. The Labute approximate surface area is 114 Å². The van der Waals surface area contributed by atoms with Gasteiger partial charge in [-0.3, -0.25) is 10.1 Å². The van der Waals surface area contributed by atoms with E-state index in [9.17, 15) is 20.2 Å². The van der Waals surface area contributed by atoms with Gasteiger partial charge in [-0.1, -0.05) is 11.1 Å². The zero-order valence-corrected chi connectivity index (χ0v) is 10.8. The van der Waals surface area contributed by atoms with Crippen molar-refractivity contribution in [3.63, 3.8) is 0 Å². The van der Waals surface area contributed by atoms with E-state index in [1.807, 2.05) is 0 Å². The van der Waals surface area contributed by atoms with Crippen molar-refractivity contribution in [3.8, 4) is 0 Å². The number of benzene rings is 1. The fourth-order valence-corrected chi connectivity index (χ4v) is 1.82. The van der Waals surface area contributed by atoms with Gasteiger partial charge in [-0.15, -0.1) is 0 Å². The summed E-state index contributed by atoms with van der Waals surface area (Å²) in [4.78, 5) is 23.5. The molecule has 0 N–H and O–H groups in total. The maximum absolute atomic E-state index is 10.8. The fraction of sp³-hybridized carbons (Fsp3) is 0.111. The number of halogens is 1. The van der Waals surface area contributed by atoms with Crippen LogP contribution in [-0.4, -0.2) is 24.6 Å². The Hall–Kier alpha value is -2.36. The first-order valence-electron chi connectivity index (χ1n) is 4.94. The van der Waals surface area contributed by atoms with Gasteiger partial charge in [-0.25, -0.2) is 0 Å². The lowest BCUT2D eigenvalue weighted by Gasteiger charge is -2.00. The van der Waals surface area contributed by atoms with E-state index in [2.05, 4.69) is 26.0 Å². The summed E-state index contributed by atoms with van der Waals surface area (Å²) >= 11 is 3.07. The average Bonchev–Trinajstić information content (AvgIpc) is 2.80. The van der Waals surface area contributed by atoms with Crippen molar-refractivity contribution in [3.05, 3.63) is 54.8 Å². The Bertz CT molecular complexity index is 656. The molecule has 1 aromatic carbocycles. The van der Waals surface area contributed by atoms with Crippen LogP contribution >= 0.6 is 15.9 Å². The van der Waals surface area contributed by atoms with Gasteiger partial charge in [0.1, 0.15) is 0 Å². The van der Waals surface area contributed by atoms with Crippen molar-refractivity contribution >= 4 is 27.6 Å². The number of aromatic nitrogens is 3. The zero-order valence-electron chi connectivity index (χ0n) is 9.26. The number of nitro benzene ring substituents is 1. The third-order valence-corrected chi connectivity index (χ3v) is 2.91. The topological polar surface area (TPSA) is 117 Å². The number of nitrogens with zero attached hydrogens (tertiary/aromatic N) is 5. The molecule has 98 valence electrons. The van der Waals surface area contributed by atoms with E-state index in [0.717, 1.165) is 0 Å². The Morgan fingerprint density at radius 1 is 1.26 bits per heavy atom.